The number of rotatable bonds is 6. The molecule has 1 aromatic carbocycles. The van der Waals surface area contributed by atoms with E-state index in [0.717, 1.165) is 22.2 Å². The number of benzene rings is 1. The molecule has 0 atom stereocenters. The lowest BCUT2D eigenvalue weighted by Gasteiger charge is -2.07. The number of amides is 2. The van der Waals surface area contributed by atoms with Crippen LogP contribution < -0.4 is 10.6 Å². The molecule has 3 aromatic heterocycles. The topological polar surface area (TPSA) is 107 Å². The minimum atomic E-state index is -0.364. The Hall–Kier alpha value is -4.01. The average Bonchev–Trinajstić information content (AvgIpc) is 3.34. The third-order valence-corrected chi connectivity index (χ3v) is 5.27. The third kappa shape index (κ3) is 3.96. The van der Waals surface area contributed by atoms with Crippen molar-refractivity contribution in [2.45, 2.75) is 33.9 Å². The van der Waals surface area contributed by atoms with E-state index in [0.29, 0.717) is 17.9 Å². The van der Waals surface area contributed by atoms with E-state index in [2.05, 4.69) is 50.1 Å². The molecule has 0 bridgehead atoms. The Labute approximate surface area is 185 Å². The number of carbonyl (C=O) groups excluding carboxylic acids is 2. The molecule has 0 saturated heterocycles. The summed E-state index contributed by atoms with van der Waals surface area (Å²) in [5, 5.41) is 15.0. The fourth-order valence-electron chi connectivity index (χ4n) is 3.65. The number of anilines is 1. The minimum Gasteiger partial charge on any atom is -0.354 e. The molecule has 0 spiro atoms. The zero-order valence-electron chi connectivity index (χ0n) is 18.5. The molecular formula is C23H25N7O2. The molecule has 2 amide bonds. The van der Waals surface area contributed by atoms with Crippen LogP contribution in [0.4, 0.5) is 5.69 Å². The van der Waals surface area contributed by atoms with Crippen LogP contribution in [0.15, 0.2) is 42.7 Å². The summed E-state index contributed by atoms with van der Waals surface area (Å²) in [4.78, 5) is 29.4. The van der Waals surface area contributed by atoms with Gasteiger partial charge in [0, 0.05) is 31.4 Å². The van der Waals surface area contributed by atoms with Crippen molar-refractivity contribution in [1.29, 1.82) is 0 Å². The number of aromatic nitrogens is 5. The van der Waals surface area contributed by atoms with Crippen molar-refractivity contribution in [3.05, 3.63) is 59.7 Å². The van der Waals surface area contributed by atoms with E-state index in [4.69, 9.17) is 0 Å². The molecular weight excluding hydrogens is 406 g/mol. The van der Waals surface area contributed by atoms with Crippen molar-refractivity contribution >= 4 is 28.5 Å². The molecule has 0 unspecified atom stereocenters. The van der Waals surface area contributed by atoms with Crippen LogP contribution in [0.25, 0.3) is 22.2 Å². The lowest BCUT2D eigenvalue weighted by atomic mass is 10.0. The van der Waals surface area contributed by atoms with Crippen LogP contribution in [0.5, 0.6) is 0 Å². The van der Waals surface area contributed by atoms with Gasteiger partial charge in [-0.1, -0.05) is 29.8 Å². The van der Waals surface area contributed by atoms with E-state index in [-0.39, 0.29) is 24.1 Å². The highest BCUT2D eigenvalue weighted by Crippen LogP contribution is 2.30. The largest absolute Gasteiger partial charge is 0.354 e. The maximum atomic E-state index is 12.8. The van der Waals surface area contributed by atoms with Crippen LogP contribution in [0.1, 0.15) is 28.7 Å². The van der Waals surface area contributed by atoms with Gasteiger partial charge in [-0.25, -0.2) is 9.67 Å². The molecule has 2 N–H and O–H groups in total. The Balaban J connectivity index is 1.64. The zero-order valence-corrected chi connectivity index (χ0v) is 18.5. The quantitative estimate of drug-likeness (QED) is 0.488. The van der Waals surface area contributed by atoms with Crippen molar-refractivity contribution < 1.29 is 9.59 Å². The molecule has 9 nitrogen and oxygen atoms in total. The molecule has 164 valence electrons. The number of aryl methyl sites for hydroxylation is 3. The number of nitrogens with zero attached hydrogens (tertiary/aromatic N) is 5. The molecule has 0 radical (unpaired) electrons. The number of fused-ring (bicyclic) bond motifs is 1. The number of hydrogen-bond donors (Lipinski definition) is 2. The van der Waals surface area contributed by atoms with E-state index in [1.54, 1.807) is 21.8 Å². The van der Waals surface area contributed by atoms with Gasteiger partial charge in [0.1, 0.15) is 6.54 Å². The fraction of sp³-hybridized carbons (Fsp3) is 0.261. The number of hydrogen-bond acceptors (Lipinski definition) is 5. The van der Waals surface area contributed by atoms with Crippen LogP contribution in [0.3, 0.4) is 0 Å². The summed E-state index contributed by atoms with van der Waals surface area (Å²) in [6.45, 7) is 6.40. The Morgan fingerprint density at radius 1 is 1.06 bits per heavy atom. The van der Waals surface area contributed by atoms with Crippen LogP contribution in [-0.2, 0) is 17.9 Å². The summed E-state index contributed by atoms with van der Waals surface area (Å²) < 4.78 is 3.19. The van der Waals surface area contributed by atoms with Gasteiger partial charge in [-0.05, 0) is 38.0 Å². The van der Waals surface area contributed by atoms with E-state index < -0.39 is 0 Å². The van der Waals surface area contributed by atoms with Gasteiger partial charge in [0.05, 0.1) is 11.4 Å². The number of carbonyl (C=O) groups is 2. The highest BCUT2D eigenvalue weighted by molar-refractivity contribution is 6.02. The fourth-order valence-corrected chi connectivity index (χ4v) is 3.65. The summed E-state index contributed by atoms with van der Waals surface area (Å²) in [5.41, 5.74) is 5.22. The van der Waals surface area contributed by atoms with E-state index in [1.807, 2.05) is 26.8 Å². The van der Waals surface area contributed by atoms with Gasteiger partial charge in [0.15, 0.2) is 11.3 Å². The molecule has 0 fully saturated rings. The summed E-state index contributed by atoms with van der Waals surface area (Å²) in [6.07, 6.45) is 3.37. The van der Waals surface area contributed by atoms with Crippen molar-refractivity contribution in [2.75, 3.05) is 12.4 Å². The lowest BCUT2D eigenvalue weighted by molar-refractivity contribution is -0.116. The van der Waals surface area contributed by atoms with Crippen molar-refractivity contribution in [3.63, 3.8) is 0 Å². The maximum Gasteiger partial charge on any atom is 0.273 e. The molecule has 4 aromatic rings. The summed E-state index contributed by atoms with van der Waals surface area (Å²) in [7, 11) is 1.52. The van der Waals surface area contributed by atoms with Gasteiger partial charge >= 0.3 is 0 Å². The Kier molecular flexibility index (Phi) is 5.72. The molecule has 32 heavy (non-hydrogen) atoms. The monoisotopic (exact) mass is 431 g/mol. The summed E-state index contributed by atoms with van der Waals surface area (Å²) in [5.74, 6) is -0.685. The first kappa shape index (κ1) is 21.2. The second kappa shape index (κ2) is 8.62. The smallest absolute Gasteiger partial charge is 0.273 e. The SMILES string of the molecule is CCn1cc(NC(=O)Cn2nc(C)c3c(-c4ccc(C)cc4)ccnc32)c(C(=O)NC)n1. The van der Waals surface area contributed by atoms with Gasteiger partial charge in [0.2, 0.25) is 5.91 Å². The Morgan fingerprint density at radius 3 is 2.50 bits per heavy atom. The number of nitrogens with one attached hydrogen (secondary N) is 2. The molecule has 4 rings (SSSR count). The first-order valence-corrected chi connectivity index (χ1v) is 10.4. The third-order valence-electron chi connectivity index (χ3n) is 5.27. The van der Waals surface area contributed by atoms with Gasteiger partial charge in [0.25, 0.3) is 5.91 Å². The standard InChI is InChI=1S/C23H25N7O2/c1-5-29-12-18(21(28-29)23(32)24-4)26-19(31)13-30-22-20(15(3)27-30)17(10-11-25-22)16-8-6-14(2)7-9-16/h6-12H,5,13H2,1-4H3,(H,24,32)(H,26,31). The minimum absolute atomic E-state index is 0.0425. The summed E-state index contributed by atoms with van der Waals surface area (Å²) in [6, 6.07) is 10.2. The van der Waals surface area contributed by atoms with Gasteiger partial charge in [-0.3, -0.25) is 14.3 Å². The van der Waals surface area contributed by atoms with Crippen LogP contribution in [0, 0.1) is 13.8 Å². The van der Waals surface area contributed by atoms with Crippen molar-refractivity contribution in [3.8, 4) is 11.1 Å². The van der Waals surface area contributed by atoms with Gasteiger partial charge < -0.3 is 10.6 Å². The van der Waals surface area contributed by atoms with Crippen LogP contribution in [-0.4, -0.2) is 43.4 Å². The molecule has 9 heteroatoms. The van der Waals surface area contributed by atoms with Crippen LogP contribution in [0.2, 0.25) is 0 Å². The number of pyridine rings is 1. The molecule has 0 saturated carbocycles. The highest BCUT2D eigenvalue weighted by Gasteiger charge is 2.20. The zero-order chi connectivity index (χ0) is 22.8. The summed E-state index contributed by atoms with van der Waals surface area (Å²) >= 11 is 0. The average molecular weight is 432 g/mol. The molecule has 0 aliphatic heterocycles. The van der Waals surface area contributed by atoms with E-state index in [1.165, 1.54) is 12.6 Å². The first-order chi connectivity index (χ1) is 15.4. The van der Waals surface area contributed by atoms with Crippen LogP contribution >= 0.6 is 0 Å². The Bertz CT molecular complexity index is 1300. The lowest BCUT2D eigenvalue weighted by Crippen LogP contribution is -2.23. The van der Waals surface area contributed by atoms with E-state index >= 15 is 0 Å². The second-order valence-electron chi connectivity index (χ2n) is 7.54. The predicted molar refractivity (Wildman–Crippen MR) is 122 cm³/mol. The van der Waals surface area contributed by atoms with E-state index in [9.17, 15) is 9.59 Å². The molecule has 0 aliphatic carbocycles. The highest BCUT2D eigenvalue weighted by atomic mass is 16.2. The Morgan fingerprint density at radius 2 is 1.81 bits per heavy atom. The normalized spacial score (nSPS) is 11.0. The first-order valence-electron chi connectivity index (χ1n) is 10.4. The van der Waals surface area contributed by atoms with Crippen molar-refractivity contribution in [1.82, 2.24) is 29.9 Å². The maximum absolute atomic E-state index is 12.8. The van der Waals surface area contributed by atoms with Gasteiger partial charge in [-0.2, -0.15) is 10.2 Å². The second-order valence-corrected chi connectivity index (χ2v) is 7.54. The predicted octanol–water partition coefficient (Wildman–Crippen LogP) is 2.93. The molecule has 0 aliphatic rings. The van der Waals surface area contributed by atoms with Gasteiger partial charge in [-0.15, -0.1) is 0 Å². The van der Waals surface area contributed by atoms with Crippen molar-refractivity contribution in [2.24, 2.45) is 0 Å². The molecule has 3 heterocycles.